The molecule has 1 aromatic heterocycles. The zero-order valence-corrected chi connectivity index (χ0v) is 12.0. The van der Waals surface area contributed by atoms with E-state index in [-0.39, 0.29) is 5.69 Å². The van der Waals surface area contributed by atoms with Crippen LogP contribution in [0, 0.1) is 0 Å². The van der Waals surface area contributed by atoms with E-state index in [0.29, 0.717) is 24.4 Å². The number of carboxylic acid groups (broad SMARTS) is 1. The van der Waals surface area contributed by atoms with Gasteiger partial charge in [-0.15, -0.1) is 0 Å². The first-order valence-electron chi connectivity index (χ1n) is 7.11. The number of rotatable bonds is 5. The number of hydrogen-bond donors (Lipinski definition) is 2. The topological polar surface area (TPSA) is 66.0 Å². The van der Waals surface area contributed by atoms with Crippen LogP contribution in [0.2, 0.25) is 0 Å². The Kier molecular flexibility index (Phi) is 4.01. The zero-order valence-electron chi connectivity index (χ0n) is 12.0. The number of carbonyl (C=O) groups is 1. The number of aromatic nitrogens is 2. The van der Waals surface area contributed by atoms with Gasteiger partial charge in [0.05, 0.1) is 5.69 Å². The molecule has 0 aliphatic rings. The summed E-state index contributed by atoms with van der Waals surface area (Å²) in [5, 5.41) is 9.34. The van der Waals surface area contributed by atoms with Gasteiger partial charge in [0.1, 0.15) is 5.82 Å². The monoisotopic (exact) mass is 292 g/mol. The zero-order chi connectivity index (χ0) is 15.4. The molecule has 0 aliphatic carbocycles. The molecule has 1 heterocycles. The van der Waals surface area contributed by atoms with Crippen molar-refractivity contribution in [2.24, 2.45) is 0 Å². The van der Waals surface area contributed by atoms with Crippen LogP contribution in [0.1, 0.15) is 33.1 Å². The molecular formula is C18H16N2O2. The summed E-state index contributed by atoms with van der Waals surface area (Å²) in [5.74, 6) is -0.323. The predicted octanol–water partition coefficient (Wildman–Crippen LogP) is 3.29. The minimum atomic E-state index is -0.999. The van der Waals surface area contributed by atoms with E-state index in [1.165, 1.54) is 0 Å². The third-order valence-electron chi connectivity index (χ3n) is 3.47. The van der Waals surface area contributed by atoms with Crippen molar-refractivity contribution in [1.29, 1.82) is 0 Å². The van der Waals surface area contributed by atoms with E-state index < -0.39 is 5.97 Å². The standard InChI is InChI=1S/C18H16N2O2/c21-18(22)17-15(11-13-7-3-1-4-8-13)19-16(20-17)12-14-9-5-2-6-10-14/h1-10H,11-12H2,(H,19,20)(H,21,22). The maximum absolute atomic E-state index is 11.4. The second-order valence-electron chi connectivity index (χ2n) is 5.14. The summed E-state index contributed by atoms with van der Waals surface area (Å²) >= 11 is 0. The smallest absolute Gasteiger partial charge is 0.356 e. The van der Waals surface area contributed by atoms with E-state index >= 15 is 0 Å². The number of aromatic carboxylic acids is 1. The first-order chi connectivity index (χ1) is 10.7. The van der Waals surface area contributed by atoms with Crippen molar-refractivity contribution >= 4 is 5.97 Å². The average molecular weight is 292 g/mol. The molecule has 0 aliphatic heterocycles. The molecule has 0 unspecified atom stereocenters. The number of carboxylic acids is 1. The van der Waals surface area contributed by atoms with Crippen LogP contribution >= 0.6 is 0 Å². The van der Waals surface area contributed by atoms with E-state index in [9.17, 15) is 9.90 Å². The minimum Gasteiger partial charge on any atom is -0.476 e. The van der Waals surface area contributed by atoms with Gasteiger partial charge in [0.15, 0.2) is 5.69 Å². The third-order valence-corrected chi connectivity index (χ3v) is 3.47. The fourth-order valence-corrected chi connectivity index (χ4v) is 2.44. The number of hydrogen-bond acceptors (Lipinski definition) is 2. The lowest BCUT2D eigenvalue weighted by molar-refractivity contribution is 0.0690. The lowest BCUT2D eigenvalue weighted by atomic mass is 10.1. The van der Waals surface area contributed by atoms with Crippen molar-refractivity contribution in [3.63, 3.8) is 0 Å². The largest absolute Gasteiger partial charge is 0.476 e. The van der Waals surface area contributed by atoms with Crippen molar-refractivity contribution < 1.29 is 9.90 Å². The molecule has 0 spiro atoms. The summed E-state index contributed by atoms with van der Waals surface area (Å²) in [7, 11) is 0. The summed E-state index contributed by atoms with van der Waals surface area (Å²) in [4.78, 5) is 18.8. The molecular weight excluding hydrogens is 276 g/mol. The van der Waals surface area contributed by atoms with Crippen LogP contribution in [0.5, 0.6) is 0 Å². The van der Waals surface area contributed by atoms with Gasteiger partial charge in [-0.05, 0) is 11.1 Å². The molecule has 4 nitrogen and oxygen atoms in total. The van der Waals surface area contributed by atoms with Crippen molar-refractivity contribution in [1.82, 2.24) is 9.97 Å². The number of aromatic amines is 1. The van der Waals surface area contributed by atoms with Gasteiger partial charge in [-0.1, -0.05) is 60.7 Å². The maximum atomic E-state index is 11.4. The molecule has 2 N–H and O–H groups in total. The minimum absolute atomic E-state index is 0.106. The first-order valence-corrected chi connectivity index (χ1v) is 7.11. The van der Waals surface area contributed by atoms with Gasteiger partial charge in [-0.25, -0.2) is 9.78 Å². The summed E-state index contributed by atoms with van der Waals surface area (Å²) in [6.45, 7) is 0. The quantitative estimate of drug-likeness (QED) is 0.758. The van der Waals surface area contributed by atoms with Gasteiger partial charge in [-0.2, -0.15) is 0 Å². The number of imidazole rings is 1. The number of nitrogens with one attached hydrogen (secondary N) is 1. The Morgan fingerprint density at radius 2 is 1.45 bits per heavy atom. The van der Waals surface area contributed by atoms with E-state index in [0.717, 1.165) is 11.1 Å². The summed E-state index contributed by atoms with van der Waals surface area (Å²) in [6.07, 6.45) is 1.13. The van der Waals surface area contributed by atoms with Gasteiger partial charge < -0.3 is 10.1 Å². The van der Waals surface area contributed by atoms with Crippen LogP contribution in [0.3, 0.4) is 0 Å². The lowest BCUT2D eigenvalue weighted by Crippen LogP contribution is -2.02. The molecule has 3 rings (SSSR count). The van der Waals surface area contributed by atoms with Gasteiger partial charge in [0.2, 0.25) is 0 Å². The van der Waals surface area contributed by atoms with Crippen LogP contribution in [-0.2, 0) is 12.8 Å². The van der Waals surface area contributed by atoms with Crippen molar-refractivity contribution in [2.75, 3.05) is 0 Å². The van der Waals surface area contributed by atoms with Gasteiger partial charge in [0, 0.05) is 12.8 Å². The lowest BCUT2D eigenvalue weighted by Gasteiger charge is -2.00. The highest BCUT2D eigenvalue weighted by Gasteiger charge is 2.17. The fraction of sp³-hybridized carbons (Fsp3) is 0.111. The van der Waals surface area contributed by atoms with Crippen molar-refractivity contribution in [3.8, 4) is 0 Å². The van der Waals surface area contributed by atoms with Crippen molar-refractivity contribution in [2.45, 2.75) is 12.8 Å². The predicted molar refractivity (Wildman–Crippen MR) is 84.0 cm³/mol. The Bertz CT molecular complexity index is 764. The summed E-state index contributed by atoms with van der Waals surface area (Å²) in [5.41, 5.74) is 2.90. The number of nitrogens with zero attached hydrogens (tertiary/aromatic N) is 1. The molecule has 0 saturated heterocycles. The molecule has 0 bridgehead atoms. The number of H-pyrrole nitrogens is 1. The van der Waals surface area contributed by atoms with Crippen LogP contribution in [0.4, 0.5) is 0 Å². The Morgan fingerprint density at radius 3 is 2.00 bits per heavy atom. The van der Waals surface area contributed by atoms with E-state index in [1.54, 1.807) is 0 Å². The molecule has 2 aromatic carbocycles. The Labute approximate surface area is 128 Å². The Hall–Kier alpha value is -2.88. The molecule has 4 heteroatoms. The van der Waals surface area contributed by atoms with Gasteiger partial charge >= 0.3 is 5.97 Å². The van der Waals surface area contributed by atoms with Crippen LogP contribution in [0.25, 0.3) is 0 Å². The second-order valence-corrected chi connectivity index (χ2v) is 5.14. The molecule has 0 atom stereocenters. The third kappa shape index (κ3) is 3.23. The Balaban J connectivity index is 1.87. The van der Waals surface area contributed by atoms with Crippen LogP contribution in [-0.4, -0.2) is 21.0 Å². The van der Waals surface area contributed by atoms with E-state index in [1.807, 2.05) is 60.7 Å². The average Bonchev–Trinajstić information content (AvgIpc) is 2.92. The number of benzene rings is 2. The normalized spacial score (nSPS) is 10.5. The van der Waals surface area contributed by atoms with E-state index in [2.05, 4.69) is 9.97 Å². The highest BCUT2D eigenvalue weighted by molar-refractivity contribution is 5.86. The molecule has 0 amide bonds. The highest BCUT2D eigenvalue weighted by Crippen LogP contribution is 2.15. The molecule has 0 saturated carbocycles. The highest BCUT2D eigenvalue weighted by atomic mass is 16.4. The first kappa shape index (κ1) is 14.1. The molecule has 3 aromatic rings. The van der Waals surface area contributed by atoms with Crippen LogP contribution < -0.4 is 0 Å². The Morgan fingerprint density at radius 1 is 0.909 bits per heavy atom. The van der Waals surface area contributed by atoms with Crippen LogP contribution in [0.15, 0.2) is 60.7 Å². The summed E-state index contributed by atoms with van der Waals surface area (Å²) in [6, 6.07) is 19.6. The van der Waals surface area contributed by atoms with E-state index in [4.69, 9.17) is 0 Å². The van der Waals surface area contributed by atoms with Gasteiger partial charge in [-0.3, -0.25) is 0 Å². The molecule has 0 radical (unpaired) electrons. The summed E-state index contributed by atoms with van der Waals surface area (Å²) < 4.78 is 0. The molecule has 22 heavy (non-hydrogen) atoms. The maximum Gasteiger partial charge on any atom is 0.356 e. The second kappa shape index (κ2) is 6.26. The molecule has 0 fully saturated rings. The molecule has 110 valence electrons. The van der Waals surface area contributed by atoms with Gasteiger partial charge in [0.25, 0.3) is 0 Å². The fourth-order valence-electron chi connectivity index (χ4n) is 2.44. The SMILES string of the molecule is O=C(O)c1nc(Cc2ccccc2)[nH]c1Cc1ccccc1. The van der Waals surface area contributed by atoms with Crippen molar-refractivity contribution in [3.05, 3.63) is 89.0 Å².